The van der Waals surface area contributed by atoms with Crippen molar-refractivity contribution in [1.82, 2.24) is 19.7 Å². The molecule has 0 saturated carbocycles. The number of hydrogen-bond donors (Lipinski definition) is 0. The molecule has 0 fully saturated rings. The number of nitrogens with zero attached hydrogens (tertiary/aromatic N) is 5. The quantitative estimate of drug-likeness (QED) is 0.452. The van der Waals surface area contributed by atoms with Crippen LogP contribution in [0, 0.1) is 0 Å². The number of ether oxygens (including phenoxy) is 1. The van der Waals surface area contributed by atoms with Crippen molar-refractivity contribution in [2.45, 2.75) is 6.36 Å². The van der Waals surface area contributed by atoms with Crippen molar-refractivity contribution in [2.24, 2.45) is 7.05 Å². The van der Waals surface area contributed by atoms with Crippen molar-refractivity contribution in [3.05, 3.63) is 66.1 Å². The van der Waals surface area contributed by atoms with Crippen LogP contribution in [0.4, 0.5) is 18.9 Å². The molecule has 1 aliphatic heterocycles. The van der Waals surface area contributed by atoms with Crippen molar-refractivity contribution in [3.8, 4) is 17.0 Å². The van der Waals surface area contributed by atoms with Crippen LogP contribution in [0.15, 0.2) is 55.0 Å². The highest BCUT2D eigenvalue weighted by Crippen LogP contribution is 2.37. The number of carbonyl (C=O) groups is 2. The summed E-state index contributed by atoms with van der Waals surface area (Å²) >= 11 is 0. The third kappa shape index (κ3) is 3.06. The molecule has 11 heteroatoms. The van der Waals surface area contributed by atoms with Gasteiger partial charge in [0.05, 0.1) is 22.2 Å². The molecule has 3 aromatic heterocycles. The highest BCUT2D eigenvalue weighted by atomic mass is 19.4. The van der Waals surface area contributed by atoms with Gasteiger partial charge in [-0.05, 0) is 24.3 Å². The van der Waals surface area contributed by atoms with E-state index in [0.29, 0.717) is 22.3 Å². The van der Waals surface area contributed by atoms with Crippen molar-refractivity contribution in [2.75, 3.05) is 4.90 Å². The van der Waals surface area contributed by atoms with Gasteiger partial charge in [0.2, 0.25) is 0 Å². The van der Waals surface area contributed by atoms with Crippen LogP contribution in [0.3, 0.4) is 0 Å². The number of aryl methyl sites for hydroxylation is 1. The van der Waals surface area contributed by atoms with Gasteiger partial charge in [-0.2, -0.15) is 5.10 Å². The molecule has 0 spiro atoms. The zero-order chi connectivity index (χ0) is 22.6. The standard InChI is InChI=1S/C21H12F3N5O3/c1-28-18-16(17(27-28)11-4-3-7-25-9-11)15-14(10-26-18)19(30)29(20(15)31)12-5-2-6-13(8-12)32-21(22,23)24/h2-10H,1H3. The van der Waals surface area contributed by atoms with E-state index < -0.39 is 23.9 Å². The van der Waals surface area contributed by atoms with Crippen molar-refractivity contribution >= 4 is 28.5 Å². The second-order valence-corrected chi connectivity index (χ2v) is 6.95. The number of halogens is 3. The van der Waals surface area contributed by atoms with Crippen molar-refractivity contribution in [1.29, 1.82) is 0 Å². The Bertz CT molecular complexity index is 1400. The van der Waals surface area contributed by atoms with Crippen molar-refractivity contribution in [3.63, 3.8) is 0 Å². The van der Waals surface area contributed by atoms with Gasteiger partial charge < -0.3 is 4.74 Å². The van der Waals surface area contributed by atoms with E-state index in [1.54, 1.807) is 31.6 Å². The molecule has 1 aromatic carbocycles. The molecule has 0 atom stereocenters. The summed E-state index contributed by atoms with van der Waals surface area (Å²) in [5, 5.41) is 4.80. The number of aromatic nitrogens is 4. The fourth-order valence-electron chi connectivity index (χ4n) is 3.69. The monoisotopic (exact) mass is 439 g/mol. The smallest absolute Gasteiger partial charge is 0.406 e. The summed E-state index contributed by atoms with van der Waals surface area (Å²) in [6, 6.07) is 8.13. The first-order chi connectivity index (χ1) is 15.2. The molecule has 8 nitrogen and oxygen atoms in total. The number of imide groups is 1. The lowest BCUT2D eigenvalue weighted by Crippen LogP contribution is -2.29. The number of rotatable bonds is 3. The summed E-state index contributed by atoms with van der Waals surface area (Å²) in [6.45, 7) is 0. The van der Waals surface area contributed by atoms with Crippen LogP contribution >= 0.6 is 0 Å². The first-order valence-corrected chi connectivity index (χ1v) is 9.25. The molecule has 0 unspecified atom stereocenters. The van der Waals surface area contributed by atoms with Crippen LogP contribution in [0.5, 0.6) is 5.75 Å². The van der Waals surface area contributed by atoms with Gasteiger partial charge in [0.1, 0.15) is 11.4 Å². The molecule has 4 aromatic rings. The largest absolute Gasteiger partial charge is 0.573 e. The first kappa shape index (κ1) is 19.7. The van der Waals surface area contributed by atoms with Gasteiger partial charge in [-0.25, -0.2) is 14.6 Å². The summed E-state index contributed by atoms with van der Waals surface area (Å²) in [6.07, 6.45) is -0.491. The van der Waals surface area contributed by atoms with Crippen LogP contribution in [0.1, 0.15) is 20.7 Å². The topological polar surface area (TPSA) is 90.2 Å². The summed E-state index contributed by atoms with van der Waals surface area (Å²) in [7, 11) is 1.65. The molecule has 0 N–H and O–H groups in total. The molecule has 1 aliphatic rings. The number of fused-ring (bicyclic) bond motifs is 3. The fourth-order valence-corrected chi connectivity index (χ4v) is 3.69. The normalized spacial score (nSPS) is 13.7. The minimum Gasteiger partial charge on any atom is -0.406 e. The van der Waals surface area contributed by atoms with E-state index in [1.165, 1.54) is 23.0 Å². The third-order valence-corrected chi connectivity index (χ3v) is 4.95. The first-order valence-electron chi connectivity index (χ1n) is 9.25. The van der Waals surface area contributed by atoms with Crippen LogP contribution < -0.4 is 9.64 Å². The number of hydrogen-bond acceptors (Lipinski definition) is 6. The predicted octanol–water partition coefficient (Wildman–Crippen LogP) is 3.73. The maximum absolute atomic E-state index is 13.4. The predicted molar refractivity (Wildman–Crippen MR) is 106 cm³/mol. The number of pyridine rings is 2. The summed E-state index contributed by atoms with van der Waals surface area (Å²) in [5.41, 5.74) is 1.46. The van der Waals surface area contributed by atoms with Crippen LogP contribution in [0.2, 0.25) is 0 Å². The lowest BCUT2D eigenvalue weighted by molar-refractivity contribution is -0.274. The van der Waals surface area contributed by atoms with Gasteiger partial charge >= 0.3 is 6.36 Å². The summed E-state index contributed by atoms with van der Waals surface area (Å²) < 4.78 is 43.2. The van der Waals surface area contributed by atoms with E-state index in [2.05, 4.69) is 19.8 Å². The number of amides is 2. The van der Waals surface area contributed by atoms with Gasteiger partial charge in [0.15, 0.2) is 5.65 Å². The molecule has 0 aliphatic carbocycles. The Balaban J connectivity index is 1.66. The minimum atomic E-state index is -4.91. The van der Waals surface area contributed by atoms with Gasteiger partial charge in [0, 0.05) is 37.3 Å². The summed E-state index contributed by atoms with van der Waals surface area (Å²) in [5.74, 6) is -1.95. The molecular weight excluding hydrogens is 427 g/mol. The Labute approximate surface area is 177 Å². The second kappa shape index (κ2) is 6.87. The summed E-state index contributed by atoms with van der Waals surface area (Å²) in [4.78, 5) is 35.6. The number of carbonyl (C=O) groups excluding carboxylic acids is 2. The Hall–Kier alpha value is -4.28. The number of benzene rings is 1. The van der Waals surface area contributed by atoms with Gasteiger partial charge in [-0.1, -0.05) is 6.07 Å². The van der Waals surface area contributed by atoms with Gasteiger partial charge in [0.25, 0.3) is 11.8 Å². The molecule has 0 radical (unpaired) electrons. The lowest BCUT2D eigenvalue weighted by atomic mass is 10.0. The maximum Gasteiger partial charge on any atom is 0.573 e. The van der Waals surface area contributed by atoms with Crippen molar-refractivity contribution < 1.29 is 27.5 Å². The Morgan fingerprint density at radius 3 is 2.56 bits per heavy atom. The average molecular weight is 439 g/mol. The third-order valence-electron chi connectivity index (χ3n) is 4.95. The molecule has 0 saturated heterocycles. The molecule has 2 amide bonds. The number of anilines is 1. The van der Waals surface area contributed by atoms with Crippen LogP contribution in [-0.2, 0) is 7.05 Å². The molecular formula is C21H12F3N5O3. The average Bonchev–Trinajstić information content (AvgIpc) is 3.22. The molecule has 0 bridgehead atoms. The zero-order valence-corrected chi connectivity index (χ0v) is 16.3. The highest BCUT2D eigenvalue weighted by Gasteiger charge is 2.40. The Morgan fingerprint density at radius 1 is 1.03 bits per heavy atom. The lowest BCUT2D eigenvalue weighted by Gasteiger charge is -2.16. The van der Waals surface area contributed by atoms with E-state index in [0.717, 1.165) is 17.0 Å². The molecule has 5 rings (SSSR count). The van der Waals surface area contributed by atoms with E-state index in [9.17, 15) is 22.8 Å². The molecule has 32 heavy (non-hydrogen) atoms. The highest BCUT2D eigenvalue weighted by molar-refractivity contribution is 6.38. The fraction of sp³-hybridized carbons (Fsp3) is 0.0952. The van der Waals surface area contributed by atoms with E-state index in [-0.39, 0.29) is 16.8 Å². The van der Waals surface area contributed by atoms with Gasteiger partial charge in [-0.15, -0.1) is 13.2 Å². The molecule has 4 heterocycles. The molecule has 160 valence electrons. The number of alkyl halides is 3. The van der Waals surface area contributed by atoms with E-state index >= 15 is 0 Å². The van der Waals surface area contributed by atoms with Crippen LogP contribution in [0.25, 0.3) is 22.3 Å². The van der Waals surface area contributed by atoms with Gasteiger partial charge in [-0.3, -0.25) is 14.6 Å². The SMILES string of the molecule is Cn1nc(-c2cccnc2)c2c3c(cnc21)C(=O)N(c1cccc(OC(F)(F)F)c1)C3=O. The van der Waals surface area contributed by atoms with E-state index in [1.807, 2.05) is 0 Å². The Morgan fingerprint density at radius 2 is 1.84 bits per heavy atom. The minimum absolute atomic E-state index is 0.0304. The second-order valence-electron chi connectivity index (χ2n) is 6.95. The zero-order valence-electron chi connectivity index (χ0n) is 16.3. The van der Waals surface area contributed by atoms with Crippen LogP contribution in [-0.4, -0.2) is 37.9 Å². The Kier molecular flexibility index (Phi) is 4.22. The maximum atomic E-state index is 13.4. The van der Waals surface area contributed by atoms with E-state index in [4.69, 9.17) is 0 Å².